The summed E-state index contributed by atoms with van der Waals surface area (Å²) in [6.07, 6.45) is 1.83. The standard InChI is InChI=1S/C19H31N5O8S/c1-33-8-6-11(22-16(28)10(20)4-5-15(26)27)18(30)24-7-2-3-13(24)17(29)23-12(19(31)32)9-14(21)25/h10-13H,2-9,20H2,1H3,(H2,21,25)(H,22,28)(H,23,29)(H,26,27)(H,31,32). The van der Waals surface area contributed by atoms with Crippen LogP contribution in [0.4, 0.5) is 0 Å². The zero-order chi connectivity index (χ0) is 25.1. The monoisotopic (exact) mass is 489 g/mol. The molecule has 1 saturated heterocycles. The molecule has 1 heterocycles. The minimum atomic E-state index is -1.52. The summed E-state index contributed by atoms with van der Waals surface area (Å²) < 4.78 is 0. The van der Waals surface area contributed by atoms with Gasteiger partial charge in [0.1, 0.15) is 18.1 Å². The highest BCUT2D eigenvalue weighted by molar-refractivity contribution is 7.98. The third-order valence-corrected chi connectivity index (χ3v) is 5.73. The highest BCUT2D eigenvalue weighted by Gasteiger charge is 2.39. The fourth-order valence-corrected chi connectivity index (χ4v) is 3.83. The van der Waals surface area contributed by atoms with E-state index in [4.69, 9.17) is 16.6 Å². The van der Waals surface area contributed by atoms with Crippen LogP contribution < -0.4 is 22.1 Å². The number of hydrogen-bond donors (Lipinski definition) is 6. The molecule has 0 aliphatic carbocycles. The van der Waals surface area contributed by atoms with Crippen LogP contribution in [0.25, 0.3) is 0 Å². The maximum absolute atomic E-state index is 13.2. The number of likely N-dealkylation sites (tertiary alicyclic amines) is 1. The third-order valence-electron chi connectivity index (χ3n) is 5.09. The number of carboxylic acid groups (broad SMARTS) is 2. The Kier molecular flexibility index (Phi) is 11.6. The normalized spacial score (nSPS) is 18.1. The van der Waals surface area contributed by atoms with E-state index in [0.717, 1.165) is 0 Å². The average molecular weight is 490 g/mol. The van der Waals surface area contributed by atoms with Crippen LogP contribution in [0.2, 0.25) is 0 Å². The van der Waals surface area contributed by atoms with Gasteiger partial charge in [0.2, 0.25) is 23.6 Å². The third kappa shape index (κ3) is 9.26. The van der Waals surface area contributed by atoms with Crippen molar-refractivity contribution in [1.82, 2.24) is 15.5 Å². The minimum Gasteiger partial charge on any atom is -0.481 e. The van der Waals surface area contributed by atoms with Crippen molar-refractivity contribution in [1.29, 1.82) is 0 Å². The first-order valence-electron chi connectivity index (χ1n) is 10.4. The van der Waals surface area contributed by atoms with E-state index in [1.807, 2.05) is 6.26 Å². The Morgan fingerprint density at radius 2 is 1.76 bits per heavy atom. The number of carbonyl (C=O) groups is 6. The SMILES string of the molecule is CSCCC(NC(=O)C(N)CCC(=O)O)C(=O)N1CCCC1C(=O)NC(CC(N)=O)C(=O)O. The largest absolute Gasteiger partial charge is 0.481 e. The Hall–Kier alpha value is -2.87. The van der Waals surface area contributed by atoms with E-state index in [1.54, 1.807) is 0 Å². The lowest BCUT2D eigenvalue weighted by Gasteiger charge is -2.30. The van der Waals surface area contributed by atoms with E-state index >= 15 is 0 Å². The molecule has 1 aliphatic rings. The first kappa shape index (κ1) is 28.2. The summed E-state index contributed by atoms with van der Waals surface area (Å²) in [5.41, 5.74) is 10.8. The van der Waals surface area contributed by atoms with Crippen LogP contribution in [0, 0.1) is 0 Å². The average Bonchev–Trinajstić information content (AvgIpc) is 3.23. The fraction of sp³-hybridized carbons (Fsp3) is 0.684. The first-order chi connectivity index (χ1) is 15.5. The number of aliphatic carboxylic acids is 2. The Balaban J connectivity index is 2.91. The number of hydrogen-bond acceptors (Lipinski definition) is 8. The van der Waals surface area contributed by atoms with Gasteiger partial charge in [-0.05, 0) is 37.7 Å². The molecule has 0 saturated carbocycles. The van der Waals surface area contributed by atoms with E-state index in [2.05, 4.69) is 10.6 Å². The van der Waals surface area contributed by atoms with Gasteiger partial charge in [0.05, 0.1) is 12.5 Å². The molecule has 0 bridgehead atoms. The minimum absolute atomic E-state index is 0.101. The molecular weight excluding hydrogens is 458 g/mol. The molecule has 1 fully saturated rings. The zero-order valence-electron chi connectivity index (χ0n) is 18.3. The second kappa shape index (κ2) is 13.6. The topological polar surface area (TPSA) is 222 Å². The molecule has 13 nitrogen and oxygen atoms in total. The van der Waals surface area contributed by atoms with Crippen LogP contribution >= 0.6 is 11.8 Å². The van der Waals surface area contributed by atoms with Crippen molar-refractivity contribution in [2.75, 3.05) is 18.6 Å². The summed E-state index contributed by atoms with van der Waals surface area (Å²) >= 11 is 1.44. The van der Waals surface area contributed by atoms with E-state index in [1.165, 1.54) is 16.7 Å². The summed E-state index contributed by atoms with van der Waals surface area (Å²) in [6, 6.07) is -4.60. The van der Waals surface area contributed by atoms with Crippen molar-refractivity contribution in [3.8, 4) is 0 Å². The van der Waals surface area contributed by atoms with E-state index in [9.17, 15) is 33.9 Å². The van der Waals surface area contributed by atoms with Gasteiger partial charge in [-0.25, -0.2) is 4.79 Å². The fourth-order valence-electron chi connectivity index (χ4n) is 3.35. The molecule has 1 aliphatic heterocycles. The molecule has 186 valence electrons. The molecule has 1 rings (SSSR count). The molecule has 0 aromatic rings. The molecule has 0 aromatic carbocycles. The number of nitrogens with two attached hydrogens (primary N) is 2. The highest BCUT2D eigenvalue weighted by atomic mass is 32.2. The number of thioether (sulfide) groups is 1. The smallest absolute Gasteiger partial charge is 0.326 e. The Labute approximate surface area is 195 Å². The predicted molar refractivity (Wildman–Crippen MR) is 118 cm³/mol. The van der Waals surface area contributed by atoms with Crippen molar-refractivity contribution in [3.05, 3.63) is 0 Å². The van der Waals surface area contributed by atoms with Gasteiger partial charge in [-0.15, -0.1) is 0 Å². The van der Waals surface area contributed by atoms with Gasteiger partial charge < -0.3 is 37.2 Å². The van der Waals surface area contributed by atoms with E-state index in [0.29, 0.717) is 12.2 Å². The number of primary amides is 1. The zero-order valence-corrected chi connectivity index (χ0v) is 19.1. The summed E-state index contributed by atoms with van der Waals surface area (Å²) in [4.78, 5) is 72.6. The van der Waals surface area contributed by atoms with Gasteiger partial charge in [0, 0.05) is 13.0 Å². The molecular formula is C19H31N5O8S. The molecule has 0 spiro atoms. The quantitative estimate of drug-likeness (QED) is 0.155. The molecule has 4 unspecified atom stereocenters. The van der Waals surface area contributed by atoms with Crippen LogP contribution in [-0.4, -0.2) is 93.4 Å². The summed E-state index contributed by atoms with van der Waals surface area (Å²) in [5, 5.41) is 22.7. The lowest BCUT2D eigenvalue weighted by atomic mass is 10.1. The molecule has 0 radical (unpaired) electrons. The highest BCUT2D eigenvalue weighted by Crippen LogP contribution is 2.20. The number of carboxylic acids is 2. The second-order valence-electron chi connectivity index (χ2n) is 7.64. The van der Waals surface area contributed by atoms with Gasteiger partial charge in [-0.1, -0.05) is 0 Å². The van der Waals surface area contributed by atoms with Crippen LogP contribution in [0.1, 0.15) is 38.5 Å². The van der Waals surface area contributed by atoms with Crippen LogP contribution in [0.5, 0.6) is 0 Å². The van der Waals surface area contributed by atoms with Crippen molar-refractivity contribution in [2.45, 2.75) is 62.7 Å². The van der Waals surface area contributed by atoms with Crippen molar-refractivity contribution < 1.29 is 39.0 Å². The molecule has 0 aromatic heterocycles. The van der Waals surface area contributed by atoms with Gasteiger partial charge in [-0.3, -0.25) is 24.0 Å². The predicted octanol–water partition coefficient (Wildman–Crippen LogP) is -2.15. The van der Waals surface area contributed by atoms with Gasteiger partial charge in [0.15, 0.2) is 0 Å². The number of nitrogens with one attached hydrogen (secondary N) is 2. The summed E-state index contributed by atoms with van der Waals surface area (Å²) in [6.45, 7) is 0.223. The van der Waals surface area contributed by atoms with Crippen LogP contribution in [-0.2, 0) is 28.8 Å². The number of carbonyl (C=O) groups excluding carboxylic acids is 4. The molecule has 4 amide bonds. The lowest BCUT2D eigenvalue weighted by molar-refractivity contribution is -0.146. The van der Waals surface area contributed by atoms with Gasteiger partial charge in [0.25, 0.3) is 0 Å². The number of amides is 4. The Morgan fingerprint density at radius 1 is 1.09 bits per heavy atom. The molecule has 33 heavy (non-hydrogen) atoms. The lowest BCUT2D eigenvalue weighted by Crippen LogP contribution is -2.57. The first-order valence-corrected chi connectivity index (χ1v) is 11.8. The summed E-state index contributed by atoms with van der Waals surface area (Å²) in [7, 11) is 0. The second-order valence-corrected chi connectivity index (χ2v) is 8.63. The molecule has 14 heteroatoms. The van der Waals surface area contributed by atoms with E-state index in [-0.39, 0.29) is 32.2 Å². The Morgan fingerprint density at radius 3 is 2.30 bits per heavy atom. The molecule has 4 atom stereocenters. The van der Waals surface area contributed by atoms with Crippen molar-refractivity contribution in [3.63, 3.8) is 0 Å². The molecule has 8 N–H and O–H groups in total. The van der Waals surface area contributed by atoms with Crippen LogP contribution in [0.15, 0.2) is 0 Å². The summed E-state index contributed by atoms with van der Waals surface area (Å²) in [5.74, 6) is -4.85. The maximum Gasteiger partial charge on any atom is 0.326 e. The van der Waals surface area contributed by atoms with Gasteiger partial charge in [-0.2, -0.15) is 11.8 Å². The van der Waals surface area contributed by atoms with Crippen molar-refractivity contribution in [2.24, 2.45) is 11.5 Å². The van der Waals surface area contributed by atoms with Crippen LogP contribution in [0.3, 0.4) is 0 Å². The maximum atomic E-state index is 13.2. The Bertz CT molecular complexity index is 764. The van der Waals surface area contributed by atoms with Gasteiger partial charge >= 0.3 is 11.9 Å². The number of nitrogens with zero attached hydrogens (tertiary/aromatic N) is 1. The van der Waals surface area contributed by atoms with E-state index < -0.39 is 66.2 Å². The van der Waals surface area contributed by atoms with Crippen molar-refractivity contribution >= 4 is 47.3 Å². The number of rotatable bonds is 14.